The van der Waals surface area contributed by atoms with Crippen LogP contribution >= 0.6 is 0 Å². The molecule has 0 heterocycles. The standard InChI is InChI=1S/C16H26N2O3/c1-4-13-21-15-8-6-5-7-14(15)18(10-9-16(19)20)12-11-17(2)3/h5-8H,4,9-13H2,1-3H3,(H,19,20). The lowest BCUT2D eigenvalue weighted by molar-refractivity contribution is -0.136. The van der Waals surface area contributed by atoms with Crippen LogP contribution in [0.15, 0.2) is 24.3 Å². The highest BCUT2D eigenvalue weighted by molar-refractivity contribution is 5.68. The average Bonchev–Trinajstić information content (AvgIpc) is 2.45. The van der Waals surface area contributed by atoms with Crippen molar-refractivity contribution in [1.29, 1.82) is 0 Å². The van der Waals surface area contributed by atoms with E-state index in [2.05, 4.69) is 16.7 Å². The molecule has 0 bridgehead atoms. The van der Waals surface area contributed by atoms with Gasteiger partial charge in [0.15, 0.2) is 0 Å². The van der Waals surface area contributed by atoms with Crippen molar-refractivity contribution in [3.05, 3.63) is 24.3 Å². The molecular weight excluding hydrogens is 268 g/mol. The van der Waals surface area contributed by atoms with Gasteiger partial charge < -0.3 is 19.6 Å². The van der Waals surface area contributed by atoms with Gasteiger partial charge in [-0.15, -0.1) is 0 Å². The molecule has 0 aliphatic carbocycles. The number of carboxylic acid groups (broad SMARTS) is 1. The SMILES string of the molecule is CCCOc1ccccc1N(CCC(=O)O)CCN(C)C. The van der Waals surface area contributed by atoms with Crippen LogP contribution in [0.4, 0.5) is 5.69 Å². The van der Waals surface area contributed by atoms with Crippen molar-refractivity contribution < 1.29 is 14.6 Å². The van der Waals surface area contributed by atoms with Crippen LogP contribution in [0.3, 0.4) is 0 Å². The Bertz CT molecular complexity index is 435. The van der Waals surface area contributed by atoms with Crippen LogP contribution in [0.1, 0.15) is 19.8 Å². The van der Waals surface area contributed by atoms with Crippen molar-refractivity contribution in [3.8, 4) is 5.75 Å². The Morgan fingerprint density at radius 2 is 1.90 bits per heavy atom. The highest BCUT2D eigenvalue weighted by Crippen LogP contribution is 2.28. The quantitative estimate of drug-likeness (QED) is 0.717. The van der Waals surface area contributed by atoms with Crippen molar-refractivity contribution in [2.24, 2.45) is 0 Å². The number of nitrogens with zero attached hydrogens (tertiary/aromatic N) is 2. The minimum Gasteiger partial charge on any atom is -0.491 e. The fourth-order valence-electron chi connectivity index (χ4n) is 1.96. The third-order valence-corrected chi connectivity index (χ3v) is 3.08. The van der Waals surface area contributed by atoms with Crippen molar-refractivity contribution in [3.63, 3.8) is 0 Å². The van der Waals surface area contributed by atoms with Gasteiger partial charge in [0.05, 0.1) is 18.7 Å². The van der Waals surface area contributed by atoms with E-state index in [0.717, 1.165) is 30.9 Å². The fourth-order valence-corrected chi connectivity index (χ4v) is 1.96. The molecule has 0 spiro atoms. The molecule has 0 saturated heterocycles. The second-order valence-electron chi connectivity index (χ2n) is 5.25. The van der Waals surface area contributed by atoms with Gasteiger partial charge in [0.25, 0.3) is 0 Å². The van der Waals surface area contributed by atoms with E-state index in [-0.39, 0.29) is 6.42 Å². The summed E-state index contributed by atoms with van der Waals surface area (Å²) in [6, 6.07) is 7.82. The molecule has 0 aliphatic heterocycles. The zero-order valence-electron chi connectivity index (χ0n) is 13.2. The topological polar surface area (TPSA) is 53.0 Å². The Morgan fingerprint density at radius 3 is 2.52 bits per heavy atom. The van der Waals surface area contributed by atoms with Crippen LogP contribution in [0.2, 0.25) is 0 Å². The molecule has 1 aromatic rings. The minimum atomic E-state index is -0.781. The van der Waals surface area contributed by atoms with E-state index >= 15 is 0 Å². The number of rotatable bonds is 10. The molecule has 5 nitrogen and oxygen atoms in total. The maximum absolute atomic E-state index is 10.9. The first kappa shape index (κ1) is 17.3. The summed E-state index contributed by atoms with van der Waals surface area (Å²) in [6.45, 7) is 4.85. The van der Waals surface area contributed by atoms with Gasteiger partial charge >= 0.3 is 5.97 Å². The molecule has 1 rings (SSSR count). The van der Waals surface area contributed by atoms with Crippen molar-refractivity contribution >= 4 is 11.7 Å². The predicted octanol–water partition coefficient (Wildman–Crippen LogP) is 2.32. The summed E-state index contributed by atoms with van der Waals surface area (Å²) >= 11 is 0. The molecule has 0 saturated carbocycles. The Balaban J connectivity index is 2.86. The van der Waals surface area contributed by atoms with E-state index in [0.29, 0.717) is 13.2 Å². The molecule has 0 radical (unpaired) electrons. The number of aliphatic carboxylic acids is 1. The molecule has 1 aromatic carbocycles. The van der Waals surface area contributed by atoms with Gasteiger partial charge in [-0.25, -0.2) is 0 Å². The second-order valence-corrected chi connectivity index (χ2v) is 5.25. The van der Waals surface area contributed by atoms with Gasteiger partial charge in [-0.1, -0.05) is 19.1 Å². The third kappa shape index (κ3) is 6.49. The zero-order chi connectivity index (χ0) is 15.7. The minimum absolute atomic E-state index is 0.121. The number of likely N-dealkylation sites (N-methyl/N-ethyl adjacent to an activating group) is 1. The molecule has 1 N–H and O–H groups in total. The van der Waals surface area contributed by atoms with E-state index in [1.807, 2.05) is 38.4 Å². The highest BCUT2D eigenvalue weighted by Gasteiger charge is 2.13. The van der Waals surface area contributed by atoms with Crippen LogP contribution in [0.5, 0.6) is 5.75 Å². The second kappa shape index (κ2) is 9.23. The number of anilines is 1. The maximum atomic E-state index is 10.9. The Kier molecular flexibility index (Phi) is 7.61. The Labute approximate surface area is 127 Å². The number of carboxylic acids is 1. The monoisotopic (exact) mass is 294 g/mol. The first-order valence-corrected chi connectivity index (χ1v) is 7.38. The summed E-state index contributed by atoms with van der Waals surface area (Å²) in [4.78, 5) is 15.0. The number of hydrogen-bond donors (Lipinski definition) is 1. The van der Waals surface area contributed by atoms with Gasteiger partial charge in [-0.05, 0) is 32.6 Å². The third-order valence-electron chi connectivity index (χ3n) is 3.08. The average molecular weight is 294 g/mol. The van der Waals surface area contributed by atoms with Gasteiger partial charge in [-0.2, -0.15) is 0 Å². The highest BCUT2D eigenvalue weighted by atomic mass is 16.5. The molecule has 0 fully saturated rings. The Morgan fingerprint density at radius 1 is 1.19 bits per heavy atom. The van der Waals surface area contributed by atoms with Crippen molar-refractivity contribution in [2.75, 3.05) is 45.2 Å². The van der Waals surface area contributed by atoms with Crippen molar-refractivity contribution in [2.45, 2.75) is 19.8 Å². The smallest absolute Gasteiger partial charge is 0.305 e. The first-order chi connectivity index (χ1) is 10.0. The number of para-hydroxylation sites is 2. The van der Waals surface area contributed by atoms with E-state index in [4.69, 9.17) is 9.84 Å². The van der Waals surface area contributed by atoms with E-state index < -0.39 is 5.97 Å². The molecule has 0 aromatic heterocycles. The molecule has 5 heteroatoms. The summed E-state index contributed by atoms with van der Waals surface area (Å²) in [6.07, 6.45) is 1.07. The van der Waals surface area contributed by atoms with Gasteiger partial charge in [0, 0.05) is 19.6 Å². The summed E-state index contributed by atoms with van der Waals surface area (Å²) < 4.78 is 5.78. The van der Waals surface area contributed by atoms with Crippen LogP contribution in [-0.2, 0) is 4.79 Å². The van der Waals surface area contributed by atoms with E-state index in [9.17, 15) is 4.79 Å². The molecule has 0 amide bonds. The van der Waals surface area contributed by atoms with Gasteiger partial charge in [0.2, 0.25) is 0 Å². The maximum Gasteiger partial charge on any atom is 0.305 e. The van der Waals surface area contributed by atoms with Gasteiger partial charge in [-0.3, -0.25) is 4.79 Å². The van der Waals surface area contributed by atoms with Crippen LogP contribution in [0.25, 0.3) is 0 Å². The van der Waals surface area contributed by atoms with E-state index in [1.54, 1.807) is 0 Å². The normalized spacial score (nSPS) is 10.7. The summed E-state index contributed by atoms with van der Waals surface area (Å²) in [5.41, 5.74) is 0.967. The summed E-state index contributed by atoms with van der Waals surface area (Å²) in [5, 5.41) is 8.93. The number of carbonyl (C=O) groups is 1. The van der Waals surface area contributed by atoms with E-state index in [1.165, 1.54) is 0 Å². The molecule has 0 atom stereocenters. The van der Waals surface area contributed by atoms with Crippen LogP contribution in [0, 0.1) is 0 Å². The largest absolute Gasteiger partial charge is 0.491 e. The lowest BCUT2D eigenvalue weighted by atomic mass is 10.2. The van der Waals surface area contributed by atoms with Crippen molar-refractivity contribution in [1.82, 2.24) is 4.90 Å². The lowest BCUT2D eigenvalue weighted by Crippen LogP contribution is -2.33. The fraction of sp³-hybridized carbons (Fsp3) is 0.562. The summed E-state index contributed by atoms with van der Waals surface area (Å²) in [7, 11) is 4.02. The molecule has 118 valence electrons. The first-order valence-electron chi connectivity index (χ1n) is 7.38. The van der Waals surface area contributed by atoms with Gasteiger partial charge in [0.1, 0.15) is 5.75 Å². The van der Waals surface area contributed by atoms with Crippen LogP contribution in [-0.4, -0.2) is 56.3 Å². The summed E-state index contributed by atoms with van der Waals surface area (Å²) in [5.74, 6) is 0.0419. The number of hydrogen-bond acceptors (Lipinski definition) is 4. The number of ether oxygens (including phenoxy) is 1. The van der Waals surface area contributed by atoms with Crippen LogP contribution < -0.4 is 9.64 Å². The molecule has 0 aliphatic rings. The molecule has 21 heavy (non-hydrogen) atoms. The Hall–Kier alpha value is -1.75. The lowest BCUT2D eigenvalue weighted by Gasteiger charge is -2.27. The number of benzene rings is 1. The molecule has 0 unspecified atom stereocenters. The molecular formula is C16H26N2O3. The zero-order valence-corrected chi connectivity index (χ0v) is 13.2. The predicted molar refractivity (Wildman–Crippen MR) is 85.2 cm³/mol.